The molecule has 6 heteroatoms. The van der Waals surface area contributed by atoms with Gasteiger partial charge in [-0.1, -0.05) is 45.0 Å². The van der Waals surface area contributed by atoms with E-state index in [2.05, 4.69) is 26.1 Å². The van der Waals surface area contributed by atoms with Gasteiger partial charge >= 0.3 is 6.09 Å². The van der Waals surface area contributed by atoms with Crippen LogP contribution in [0.3, 0.4) is 0 Å². The molecule has 2 heterocycles. The highest BCUT2D eigenvalue weighted by molar-refractivity contribution is 6.07. The van der Waals surface area contributed by atoms with Crippen LogP contribution in [0.2, 0.25) is 0 Å². The molecule has 4 rings (SSSR count). The monoisotopic (exact) mass is 435 g/mol. The second-order valence-electron chi connectivity index (χ2n) is 9.60. The number of pyridine rings is 1. The summed E-state index contributed by atoms with van der Waals surface area (Å²) >= 11 is 0. The Morgan fingerprint density at radius 2 is 1.84 bits per heavy atom. The zero-order valence-corrected chi connectivity index (χ0v) is 19.1. The van der Waals surface area contributed by atoms with Gasteiger partial charge in [0.15, 0.2) is 0 Å². The minimum atomic E-state index is -0.998. The highest BCUT2D eigenvalue weighted by Crippen LogP contribution is 2.44. The van der Waals surface area contributed by atoms with Crippen LogP contribution in [0, 0.1) is 12.7 Å². The number of amides is 1. The minimum Gasteiger partial charge on any atom is -0.465 e. The number of carbonyl (C=O) groups is 1. The maximum Gasteiger partial charge on any atom is 0.412 e. The molecule has 2 N–H and O–H groups in total. The zero-order chi connectivity index (χ0) is 23.0. The molecule has 2 aromatic carbocycles. The van der Waals surface area contributed by atoms with Crippen LogP contribution in [0.15, 0.2) is 42.5 Å². The van der Waals surface area contributed by atoms with Crippen LogP contribution in [0.5, 0.6) is 0 Å². The first-order valence-electron chi connectivity index (χ1n) is 11.1. The molecule has 5 nitrogen and oxygen atoms in total. The summed E-state index contributed by atoms with van der Waals surface area (Å²) in [7, 11) is 0. The van der Waals surface area contributed by atoms with Gasteiger partial charge in [0.05, 0.1) is 16.9 Å². The number of aryl methyl sites for hydroxylation is 1. The van der Waals surface area contributed by atoms with Crippen molar-refractivity contribution in [2.45, 2.75) is 52.0 Å². The first-order valence-corrected chi connectivity index (χ1v) is 11.1. The van der Waals surface area contributed by atoms with Crippen LogP contribution in [0.25, 0.3) is 22.0 Å². The maximum absolute atomic E-state index is 14.5. The van der Waals surface area contributed by atoms with Crippen LogP contribution in [-0.2, 0) is 5.41 Å². The maximum atomic E-state index is 14.5. The number of fused-ring (bicyclic) bond motifs is 1. The molecule has 1 aromatic heterocycles. The summed E-state index contributed by atoms with van der Waals surface area (Å²) in [5.41, 5.74) is 3.85. The average Bonchev–Trinajstić information content (AvgIpc) is 2.72. The van der Waals surface area contributed by atoms with E-state index < -0.39 is 6.09 Å². The zero-order valence-electron chi connectivity index (χ0n) is 19.1. The SMILES string of the molecule is Cc1cc(F)cc(-c2c(C(C)(C)C)nc3ccccc3c2N(C(=O)O)C2CCNCC2)c1. The molecule has 32 heavy (non-hydrogen) atoms. The van der Waals surface area contributed by atoms with Crippen LogP contribution >= 0.6 is 0 Å². The van der Waals surface area contributed by atoms with E-state index in [-0.39, 0.29) is 17.3 Å². The molecular formula is C26H30FN3O2. The lowest BCUT2D eigenvalue weighted by Gasteiger charge is -2.36. The number of halogens is 1. The summed E-state index contributed by atoms with van der Waals surface area (Å²) in [6.07, 6.45) is 0.438. The summed E-state index contributed by atoms with van der Waals surface area (Å²) in [5.74, 6) is -0.345. The third-order valence-electron chi connectivity index (χ3n) is 6.03. The largest absolute Gasteiger partial charge is 0.465 e. The van der Waals surface area contributed by atoms with Gasteiger partial charge in [-0.15, -0.1) is 0 Å². The third-order valence-corrected chi connectivity index (χ3v) is 6.03. The summed E-state index contributed by atoms with van der Waals surface area (Å²) in [6.45, 7) is 9.53. The lowest BCUT2D eigenvalue weighted by Crippen LogP contribution is -2.46. The van der Waals surface area contributed by atoms with Gasteiger partial charge in [0.1, 0.15) is 5.82 Å². The quantitative estimate of drug-likeness (QED) is 0.539. The Morgan fingerprint density at radius 1 is 1.16 bits per heavy atom. The van der Waals surface area contributed by atoms with E-state index >= 15 is 0 Å². The van der Waals surface area contributed by atoms with E-state index in [1.54, 1.807) is 0 Å². The fraction of sp³-hybridized carbons (Fsp3) is 0.385. The number of aromatic nitrogens is 1. The molecule has 0 unspecified atom stereocenters. The predicted molar refractivity (Wildman–Crippen MR) is 127 cm³/mol. The van der Waals surface area contributed by atoms with Crippen molar-refractivity contribution in [2.75, 3.05) is 18.0 Å². The fourth-order valence-electron chi connectivity index (χ4n) is 4.64. The molecule has 0 radical (unpaired) electrons. The van der Waals surface area contributed by atoms with E-state index in [0.29, 0.717) is 16.8 Å². The van der Waals surface area contributed by atoms with Crippen LogP contribution in [0.1, 0.15) is 44.9 Å². The number of para-hydroxylation sites is 1. The Balaban J connectivity index is 2.14. The highest BCUT2D eigenvalue weighted by Gasteiger charge is 2.34. The van der Waals surface area contributed by atoms with Gasteiger partial charge in [-0.3, -0.25) is 9.88 Å². The van der Waals surface area contributed by atoms with Crippen molar-refractivity contribution in [1.82, 2.24) is 10.3 Å². The number of piperidine rings is 1. The van der Waals surface area contributed by atoms with Crippen molar-refractivity contribution in [3.05, 3.63) is 59.5 Å². The normalized spacial score (nSPS) is 15.2. The summed E-state index contributed by atoms with van der Waals surface area (Å²) in [6, 6.07) is 12.3. The number of rotatable bonds is 3. The van der Waals surface area contributed by atoms with Crippen LogP contribution < -0.4 is 10.2 Å². The number of nitrogens with zero attached hydrogens (tertiary/aromatic N) is 2. The van der Waals surface area contributed by atoms with Gasteiger partial charge in [0.25, 0.3) is 0 Å². The van der Waals surface area contributed by atoms with Gasteiger partial charge in [-0.2, -0.15) is 0 Å². The molecule has 1 aliphatic rings. The number of benzene rings is 2. The molecular weight excluding hydrogens is 405 g/mol. The summed E-state index contributed by atoms with van der Waals surface area (Å²) in [5, 5.41) is 14.5. The molecule has 1 saturated heterocycles. The summed E-state index contributed by atoms with van der Waals surface area (Å²) in [4.78, 5) is 19.2. The van der Waals surface area contributed by atoms with Gasteiger partial charge in [0, 0.05) is 22.4 Å². The topological polar surface area (TPSA) is 65.5 Å². The standard InChI is InChI=1S/C26H30FN3O2/c1-16-13-17(15-18(27)14-16)22-23(30(25(31)32)19-9-11-28-12-10-19)20-7-5-6-8-21(20)29-24(22)26(2,3)4/h5-8,13-15,19,28H,9-12H2,1-4H3,(H,31,32). The van der Waals surface area contributed by atoms with Crippen LogP contribution in [-0.4, -0.2) is 35.3 Å². The van der Waals surface area contributed by atoms with E-state index in [4.69, 9.17) is 4.98 Å². The Bertz CT molecular complexity index is 1140. The van der Waals surface area contributed by atoms with Gasteiger partial charge in [0.2, 0.25) is 0 Å². The molecule has 0 saturated carbocycles. The molecule has 168 valence electrons. The Labute approximate surface area is 188 Å². The van der Waals surface area contributed by atoms with Gasteiger partial charge in [-0.25, -0.2) is 9.18 Å². The Morgan fingerprint density at radius 3 is 2.47 bits per heavy atom. The van der Waals surface area contributed by atoms with E-state index in [1.807, 2.05) is 37.3 Å². The second-order valence-corrected chi connectivity index (χ2v) is 9.60. The van der Waals surface area contributed by atoms with Crippen molar-refractivity contribution < 1.29 is 14.3 Å². The van der Waals surface area contributed by atoms with E-state index in [0.717, 1.165) is 48.1 Å². The van der Waals surface area contributed by atoms with Crippen molar-refractivity contribution in [2.24, 2.45) is 0 Å². The molecule has 3 aromatic rings. The van der Waals surface area contributed by atoms with Crippen LogP contribution in [0.4, 0.5) is 14.9 Å². The first-order chi connectivity index (χ1) is 15.2. The average molecular weight is 436 g/mol. The lowest BCUT2D eigenvalue weighted by atomic mass is 9.83. The number of hydrogen-bond donors (Lipinski definition) is 2. The lowest BCUT2D eigenvalue weighted by molar-refractivity contribution is 0.197. The molecule has 1 aliphatic heterocycles. The highest BCUT2D eigenvalue weighted by atomic mass is 19.1. The Kier molecular flexibility index (Phi) is 5.91. The molecule has 1 amide bonds. The fourth-order valence-corrected chi connectivity index (χ4v) is 4.64. The van der Waals surface area contributed by atoms with Gasteiger partial charge in [-0.05, 0) is 62.2 Å². The predicted octanol–water partition coefficient (Wildman–Crippen LogP) is 5.88. The number of nitrogens with one attached hydrogen (secondary N) is 1. The number of anilines is 1. The molecule has 0 atom stereocenters. The Hall–Kier alpha value is -2.99. The number of carboxylic acid groups (broad SMARTS) is 1. The molecule has 1 fully saturated rings. The van der Waals surface area contributed by atoms with E-state index in [9.17, 15) is 14.3 Å². The van der Waals surface area contributed by atoms with Gasteiger partial charge < -0.3 is 10.4 Å². The second kappa shape index (κ2) is 8.51. The van der Waals surface area contributed by atoms with Crippen molar-refractivity contribution in [1.29, 1.82) is 0 Å². The van der Waals surface area contributed by atoms with Crippen molar-refractivity contribution >= 4 is 22.7 Å². The third kappa shape index (κ3) is 4.19. The van der Waals surface area contributed by atoms with E-state index in [1.165, 1.54) is 17.0 Å². The molecule has 0 bridgehead atoms. The van der Waals surface area contributed by atoms with Crippen molar-refractivity contribution in [3.63, 3.8) is 0 Å². The summed E-state index contributed by atoms with van der Waals surface area (Å²) < 4.78 is 14.5. The van der Waals surface area contributed by atoms with Crippen molar-refractivity contribution in [3.8, 4) is 11.1 Å². The minimum absolute atomic E-state index is 0.166. The first kappa shape index (κ1) is 22.2. The molecule has 0 aliphatic carbocycles. The smallest absolute Gasteiger partial charge is 0.412 e. The molecule has 0 spiro atoms. The number of hydrogen-bond acceptors (Lipinski definition) is 3.